The zero-order valence-electron chi connectivity index (χ0n) is 17.4. The SMILES string of the molecule is Nc1c(F)cc(Cl)c(O)c1COc1ncnc2cc(OCCCN3CCOCC3)ccc12. The van der Waals surface area contributed by atoms with E-state index in [1.807, 2.05) is 12.1 Å². The van der Waals surface area contributed by atoms with Gasteiger partial charge in [-0.3, -0.25) is 4.90 Å². The fourth-order valence-corrected chi connectivity index (χ4v) is 3.69. The topological polar surface area (TPSA) is 103 Å². The number of phenols is 1. The van der Waals surface area contributed by atoms with Gasteiger partial charge in [-0.1, -0.05) is 11.6 Å². The van der Waals surface area contributed by atoms with E-state index in [0.29, 0.717) is 23.3 Å². The van der Waals surface area contributed by atoms with Gasteiger partial charge in [-0.2, -0.15) is 0 Å². The number of halogens is 2. The lowest BCUT2D eigenvalue weighted by molar-refractivity contribution is 0.0358. The average molecular weight is 463 g/mol. The number of anilines is 1. The molecule has 1 aliphatic rings. The Labute approximate surface area is 189 Å². The van der Waals surface area contributed by atoms with Crippen LogP contribution in [0.4, 0.5) is 10.1 Å². The third-order valence-corrected chi connectivity index (χ3v) is 5.55. The Bertz CT molecular complexity index is 1070. The largest absolute Gasteiger partial charge is 0.506 e. The first-order chi connectivity index (χ1) is 15.5. The van der Waals surface area contributed by atoms with Crippen LogP contribution in [0.1, 0.15) is 12.0 Å². The second-order valence-corrected chi connectivity index (χ2v) is 7.79. The van der Waals surface area contributed by atoms with Crippen LogP contribution in [0.2, 0.25) is 5.02 Å². The summed E-state index contributed by atoms with van der Waals surface area (Å²) in [6.45, 7) is 4.85. The van der Waals surface area contributed by atoms with Gasteiger partial charge in [0.1, 0.15) is 30.3 Å². The Kier molecular flexibility index (Phi) is 7.09. The van der Waals surface area contributed by atoms with E-state index in [0.717, 1.165) is 45.3 Å². The van der Waals surface area contributed by atoms with Crippen LogP contribution in [0.25, 0.3) is 10.9 Å². The molecule has 10 heteroatoms. The van der Waals surface area contributed by atoms with Gasteiger partial charge >= 0.3 is 0 Å². The van der Waals surface area contributed by atoms with E-state index >= 15 is 0 Å². The molecule has 0 amide bonds. The summed E-state index contributed by atoms with van der Waals surface area (Å²) in [5, 5.41) is 10.6. The van der Waals surface area contributed by atoms with Gasteiger partial charge < -0.3 is 25.1 Å². The number of aromatic nitrogens is 2. The lowest BCUT2D eigenvalue weighted by Crippen LogP contribution is -2.37. The molecule has 0 aliphatic carbocycles. The summed E-state index contributed by atoms with van der Waals surface area (Å²) in [5.74, 6) is -0.0815. The lowest BCUT2D eigenvalue weighted by Gasteiger charge is -2.26. The van der Waals surface area contributed by atoms with Crippen LogP contribution in [0, 0.1) is 5.82 Å². The molecule has 1 aliphatic heterocycles. The summed E-state index contributed by atoms with van der Waals surface area (Å²) >= 11 is 5.83. The Balaban J connectivity index is 1.40. The number of phenolic OH excluding ortho intramolecular Hbond substituents is 1. The molecule has 1 fully saturated rings. The summed E-state index contributed by atoms with van der Waals surface area (Å²) in [5.41, 5.74) is 6.19. The molecule has 3 aromatic rings. The normalized spacial score (nSPS) is 14.6. The third-order valence-electron chi connectivity index (χ3n) is 5.26. The minimum absolute atomic E-state index is 0.0574. The zero-order chi connectivity index (χ0) is 22.5. The summed E-state index contributed by atoms with van der Waals surface area (Å²) in [7, 11) is 0. The van der Waals surface area contributed by atoms with E-state index in [4.69, 9.17) is 31.5 Å². The number of rotatable bonds is 8. The molecule has 0 atom stereocenters. The van der Waals surface area contributed by atoms with Crippen molar-refractivity contribution in [3.63, 3.8) is 0 Å². The number of nitrogens with two attached hydrogens (primary N) is 1. The standard InChI is InChI=1S/C22H24ClFN4O4/c23-17-11-18(24)20(25)16(21(17)29)12-32-22-15-3-2-14(10-19(15)26-13-27-22)31-7-1-4-28-5-8-30-9-6-28/h2-3,10-11,13,29H,1,4-9,12,25H2. The average Bonchev–Trinajstić information content (AvgIpc) is 2.81. The molecule has 2 heterocycles. The molecule has 0 unspecified atom stereocenters. The van der Waals surface area contributed by atoms with Crippen molar-refractivity contribution < 1.29 is 23.7 Å². The highest BCUT2D eigenvalue weighted by Crippen LogP contribution is 2.35. The predicted octanol–water partition coefficient (Wildman–Crippen LogP) is 3.39. The maximum absolute atomic E-state index is 13.9. The number of nitrogen functional groups attached to an aromatic ring is 1. The van der Waals surface area contributed by atoms with Crippen molar-refractivity contribution >= 4 is 28.2 Å². The molecule has 32 heavy (non-hydrogen) atoms. The number of morpholine rings is 1. The molecule has 0 bridgehead atoms. The number of ether oxygens (including phenoxy) is 3. The van der Waals surface area contributed by atoms with Gasteiger partial charge in [0.2, 0.25) is 5.88 Å². The van der Waals surface area contributed by atoms with Crippen molar-refractivity contribution in [3.05, 3.63) is 47.0 Å². The first-order valence-corrected chi connectivity index (χ1v) is 10.7. The summed E-state index contributed by atoms with van der Waals surface area (Å²) in [6.07, 6.45) is 2.28. The van der Waals surface area contributed by atoms with Crippen LogP contribution in [0.5, 0.6) is 17.4 Å². The first-order valence-electron chi connectivity index (χ1n) is 10.3. The van der Waals surface area contributed by atoms with Gasteiger partial charge in [0.05, 0.1) is 47.0 Å². The number of hydrogen-bond donors (Lipinski definition) is 2. The third kappa shape index (κ3) is 5.12. The van der Waals surface area contributed by atoms with Crippen LogP contribution in [0.3, 0.4) is 0 Å². The molecule has 4 rings (SSSR count). The number of hydrogen-bond acceptors (Lipinski definition) is 8. The molecule has 0 spiro atoms. The van der Waals surface area contributed by atoms with Gasteiger partial charge in [-0.25, -0.2) is 14.4 Å². The molecule has 170 valence electrons. The van der Waals surface area contributed by atoms with Crippen LogP contribution in [-0.2, 0) is 11.3 Å². The van der Waals surface area contributed by atoms with E-state index in [1.54, 1.807) is 6.07 Å². The maximum atomic E-state index is 13.9. The first kappa shape index (κ1) is 22.3. The minimum atomic E-state index is -0.727. The molecular formula is C22H24ClFN4O4. The van der Waals surface area contributed by atoms with Crippen molar-refractivity contribution in [1.29, 1.82) is 0 Å². The highest BCUT2D eigenvalue weighted by atomic mass is 35.5. The predicted molar refractivity (Wildman–Crippen MR) is 119 cm³/mol. The Morgan fingerprint density at radius 2 is 2.00 bits per heavy atom. The lowest BCUT2D eigenvalue weighted by atomic mass is 10.1. The fourth-order valence-electron chi connectivity index (χ4n) is 3.48. The van der Waals surface area contributed by atoms with Crippen molar-refractivity contribution in [3.8, 4) is 17.4 Å². The van der Waals surface area contributed by atoms with E-state index in [1.165, 1.54) is 6.33 Å². The smallest absolute Gasteiger partial charge is 0.224 e. The quantitative estimate of drug-likeness (QED) is 0.388. The Morgan fingerprint density at radius 3 is 2.81 bits per heavy atom. The zero-order valence-corrected chi connectivity index (χ0v) is 18.1. The second-order valence-electron chi connectivity index (χ2n) is 7.38. The van der Waals surface area contributed by atoms with Crippen LogP contribution in [0.15, 0.2) is 30.6 Å². The summed E-state index contributed by atoms with van der Waals surface area (Å²) in [4.78, 5) is 10.8. The number of benzene rings is 2. The molecule has 0 radical (unpaired) electrons. The van der Waals surface area contributed by atoms with Gasteiger partial charge in [-0.15, -0.1) is 0 Å². The van der Waals surface area contributed by atoms with Gasteiger partial charge in [0, 0.05) is 25.7 Å². The van der Waals surface area contributed by atoms with Crippen LogP contribution in [-0.4, -0.2) is 59.4 Å². The number of fused-ring (bicyclic) bond motifs is 1. The van der Waals surface area contributed by atoms with Crippen molar-refractivity contribution in [1.82, 2.24) is 14.9 Å². The van der Waals surface area contributed by atoms with Crippen LogP contribution < -0.4 is 15.2 Å². The fraction of sp³-hybridized carbons (Fsp3) is 0.364. The number of nitrogens with zero attached hydrogens (tertiary/aromatic N) is 3. The monoisotopic (exact) mass is 462 g/mol. The van der Waals surface area contributed by atoms with E-state index in [-0.39, 0.29) is 34.5 Å². The highest BCUT2D eigenvalue weighted by molar-refractivity contribution is 6.32. The minimum Gasteiger partial charge on any atom is -0.506 e. The van der Waals surface area contributed by atoms with E-state index < -0.39 is 5.82 Å². The second kappa shape index (κ2) is 10.2. The maximum Gasteiger partial charge on any atom is 0.224 e. The van der Waals surface area contributed by atoms with Gasteiger partial charge in [-0.05, 0) is 24.6 Å². The molecule has 2 aromatic carbocycles. The van der Waals surface area contributed by atoms with Crippen molar-refractivity contribution in [2.45, 2.75) is 13.0 Å². The van der Waals surface area contributed by atoms with Gasteiger partial charge in [0.25, 0.3) is 0 Å². The molecule has 8 nitrogen and oxygen atoms in total. The number of aromatic hydroxyl groups is 1. The van der Waals surface area contributed by atoms with Crippen LogP contribution >= 0.6 is 11.6 Å². The molecular weight excluding hydrogens is 439 g/mol. The molecule has 3 N–H and O–H groups in total. The van der Waals surface area contributed by atoms with Crippen molar-refractivity contribution in [2.75, 3.05) is 45.2 Å². The Morgan fingerprint density at radius 1 is 1.19 bits per heavy atom. The summed E-state index contributed by atoms with van der Waals surface area (Å²) < 4.78 is 30.8. The highest BCUT2D eigenvalue weighted by Gasteiger charge is 2.17. The van der Waals surface area contributed by atoms with E-state index in [2.05, 4.69) is 14.9 Å². The van der Waals surface area contributed by atoms with Gasteiger partial charge in [0.15, 0.2) is 0 Å². The molecule has 1 saturated heterocycles. The summed E-state index contributed by atoms with van der Waals surface area (Å²) in [6, 6.07) is 6.38. The van der Waals surface area contributed by atoms with Crippen molar-refractivity contribution in [2.24, 2.45) is 0 Å². The molecule has 0 saturated carbocycles. The Hall–Kier alpha value is -2.88. The van der Waals surface area contributed by atoms with E-state index in [9.17, 15) is 9.50 Å². The molecule has 1 aromatic heterocycles.